The summed E-state index contributed by atoms with van der Waals surface area (Å²) in [7, 11) is 0. The fourth-order valence-electron chi connectivity index (χ4n) is 2.41. The molecule has 2 nitrogen and oxygen atoms in total. The Morgan fingerprint density at radius 2 is 1.59 bits per heavy atom. The van der Waals surface area contributed by atoms with Crippen LogP contribution in [0.3, 0.4) is 0 Å². The molecule has 1 aromatic heterocycles. The fraction of sp³-hybridized carbons (Fsp3) is 0.421. The van der Waals surface area contributed by atoms with E-state index in [1.54, 1.807) is 0 Å². The van der Waals surface area contributed by atoms with Crippen LogP contribution in [0.4, 0.5) is 0 Å². The molecule has 120 valence electrons. The Kier molecular flexibility index (Phi) is 8.83. The van der Waals surface area contributed by atoms with Gasteiger partial charge in [-0.15, -0.1) is 0 Å². The van der Waals surface area contributed by atoms with Crippen LogP contribution < -0.4 is 26.5 Å². The molecule has 0 fully saturated rings. The van der Waals surface area contributed by atoms with E-state index in [2.05, 4.69) is 50.2 Å². The third-order valence-electron chi connectivity index (χ3n) is 3.91. The summed E-state index contributed by atoms with van der Waals surface area (Å²) in [6.45, 7) is 5.28. The predicted molar refractivity (Wildman–Crippen MR) is 86.8 cm³/mol. The van der Waals surface area contributed by atoms with Crippen LogP contribution in [0.1, 0.15) is 39.5 Å². The Labute approximate surface area is 144 Å². The van der Waals surface area contributed by atoms with Crippen molar-refractivity contribution in [3.05, 3.63) is 54.9 Å². The molecule has 0 spiro atoms. The second-order valence-electron chi connectivity index (χ2n) is 5.53. The molecule has 0 aliphatic rings. The number of unbranched alkanes of at least 4 members (excludes halogenated alkanes) is 1. The van der Waals surface area contributed by atoms with Crippen molar-refractivity contribution in [3.8, 4) is 11.1 Å². The lowest BCUT2D eigenvalue weighted by molar-refractivity contribution is -0.892. The molecular weight excluding hydrogens is 338 g/mol. The molecule has 2 aromatic rings. The third-order valence-corrected chi connectivity index (χ3v) is 3.91. The zero-order valence-electron chi connectivity index (χ0n) is 13.5. The predicted octanol–water partition coefficient (Wildman–Crippen LogP) is 1.29. The summed E-state index contributed by atoms with van der Waals surface area (Å²) < 4.78 is 1.82. The van der Waals surface area contributed by atoms with Gasteiger partial charge in [0.15, 0.2) is 6.61 Å². The van der Waals surface area contributed by atoms with Gasteiger partial charge in [-0.3, -0.25) is 4.84 Å². The van der Waals surface area contributed by atoms with E-state index in [0.717, 1.165) is 6.61 Å². The molecule has 0 radical (unpaired) electrons. The number of benzene rings is 1. The van der Waals surface area contributed by atoms with Crippen molar-refractivity contribution in [1.82, 2.24) is 0 Å². The molecule has 1 heterocycles. The molecule has 0 aliphatic heterocycles. The van der Waals surface area contributed by atoms with Crippen LogP contribution in [0.25, 0.3) is 11.1 Å². The normalized spacial score (nSPS) is 11.5. The highest BCUT2D eigenvalue weighted by Gasteiger charge is 2.10. The highest BCUT2D eigenvalue weighted by atomic mass is 79.9. The summed E-state index contributed by atoms with van der Waals surface area (Å²) in [4.78, 5) is 5.86. The van der Waals surface area contributed by atoms with E-state index in [0.29, 0.717) is 5.92 Å². The monoisotopic (exact) mass is 363 g/mol. The largest absolute Gasteiger partial charge is 1.00 e. The van der Waals surface area contributed by atoms with Gasteiger partial charge < -0.3 is 17.0 Å². The Balaban J connectivity index is 0.00000242. The van der Waals surface area contributed by atoms with Gasteiger partial charge in [-0.25, -0.2) is 0 Å². The van der Waals surface area contributed by atoms with E-state index in [4.69, 9.17) is 4.84 Å². The standard InChI is InChI=1S/C19H26NO.BrH/c1-3-5-9-17(4-2)16-21-20-14-12-19(13-15-20)18-10-7-6-8-11-18;/h6-8,10-15,17H,3-5,9,16H2,1-2H3;1H/q+1;/p-1. The molecule has 22 heavy (non-hydrogen) atoms. The summed E-state index contributed by atoms with van der Waals surface area (Å²) in [5, 5.41) is 0. The quantitative estimate of drug-likeness (QED) is 0.644. The van der Waals surface area contributed by atoms with Crippen LogP contribution in [0, 0.1) is 5.92 Å². The van der Waals surface area contributed by atoms with Gasteiger partial charge in [-0.2, -0.15) is 0 Å². The molecule has 1 unspecified atom stereocenters. The van der Waals surface area contributed by atoms with Crippen LogP contribution in [-0.2, 0) is 0 Å². The summed E-state index contributed by atoms with van der Waals surface area (Å²) >= 11 is 0. The Morgan fingerprint density at radius 1 is 0.955 bits per heavy atom. The van der Waals surface area contributed by atoms with Gasteiger partial charge in [0.1, 0.15) is 0 Å². The van der Waals surface area contributed by atoms with Crippen LogP contribution in [0.5, 0.6) is 0 Å². The minimum Gasteiger partial charge on any atom is -1.00 e. The number of rotatable bonds is 8. The summed E-state index contributed by atoms with van der Waals surface area (Å²) in [5.41, 5.74) is 2.45. The highest BCUT2D eigenvalue weighted by Crippen LogP contribution is 2.16. The summed E-state index contributed by atoms with van der Waals surface area (Å²) in [6, 6.07) is 14.6. The van der Waals surface area contributed by atoms with E-state index in [-0.39, 0.29) is 17.0 Å². The van der Waals surface area contributed by atoms with Gasteiger partial charge in [-0.1, -0.05) is 57.0 Å². The molecule has 2 rings (SSSR count). The van der Waals surface area contributed by atoms with Gasteiger partial charge in [0.2, 0.25) is 12.4 Å². The Bertz CT molecular complexity index is 513. The van der Waals surface area contributed by atoms with Gasteiger partial charge in [0.05, 0.1) is 0 Å². The Hall–Kier alpha value is -1.35. The topological polar surface area (TPSA) is 13.1 Å². The van der Waals surface area contributed by atoms with Crippen molar-refractivity contribution >= 4 is 0 Å². The molecule has 3 heteroatoms. The van der Waals surface area contributed by atoms with Crippen molar-refractivity contribution < 1.29 is 26.5 Å². The maximum Gasteiger partial charge on any atom is 0.223 e. The fourth-order valence-corrected chi connectivity index (χ4v) is 2.41. The molecule has 0 saturated carbocycles. The number of halogens is 1. The molecule has 0 bridgehead atoms. The van der Waals surface area contributed by atoms with Crippen molar-refractivity contribution in [3.63, 3.8) is 0 Å². The average molecular weight is 364 g/mol. The third kappa shape index (κ3) is 5.80. The molecular formula is C19H26BrNO. The lowest BCUT2D eigenvalue weighted by atomic mass is 10.0. The van der Waals surface area contributed by atoms with E-state index >= 15 is 0 Å². The number of nitrogens with zero attached hydrogens (tertiary/aromatic N) is 1. The van der Waals surface area contributed by atoms with E-state index in [1.165, 1.54) is 36.8 Å². The zero-order valence-corrected chi connectivity index (χ0v) is 15.1. The number of pyridine rings is 1. The number of hydrogen-bond acceptors (Lipinski definition) is 1. The smallest absolute Gasteiger partial charge is 0.223 e. The molecule has 0 saturated heterocycles. The van der Waals surface area contributed by atoms with E-state index in [1.807, 2.05) is 23.2 Å². The summed E-state index contributed by atoms with van der Waals surface area (Å²) in [5.74, 6) is 0.659. The van der Waals surface area contributed by atoms with Gasteiger partial charge in [0, 0.05) is 16.9 Å². The van der Waals surface area contributed by atoms with Crippen molar-refractivity contribution in [2.24, 2.45) is 5.92 Å². The van der Waals surface area contributed by atoms with E-state index < -0.39 is 0 Å². The minimum atomic E-state index is 0. The van der Waals surface area contributed by atoms with Gasteiger partial charge >= 0.3 is 0 Å². The van der Waals surface area contributed by atoms with Crippen molar-refractivity contribution in [2.75, 3.05) is 6.61 Å². The lowest BCUT2D eigenvalue weighted by Crippen LogP contribution is -3.00. The first-order chi connectivity index (χ1) is 10.3. The molecule has 1 atom stereocenters. The number of hydrogen-bond donors (Lipinski definition) is 0. The lowest BCUT2D eigenvalue weighted by Gasteiger charge is -2.11. The first-order valence-corrected chi connectivity index (χ1v) is 8.03. The molecule has 0 aliphatic carbocycles. The average Bonchev–Trinajstić information content (AvgIpc) is 2.56. The second kappa shape index (κ2) is 10.4. The van der Waals surface area contributed by atoms with Crippen molar-refractivity contribution in [2.45, 2.75) is 39.5 Å². The van der Waals surface area contributed by atoms with E-state index in [9.17, 15) is 0 Å². The maximum atomic E-state index is 5.86. The van der Waals surface area contributed by atoms with Gasteiger partial charge in [0.25, 0.3) is 0 Å². The first-order valence-electron chi connectivity index (χ1n) is 8.03. The minimum absolute atomic E-state index is 0. The maximum absolute atomic E-state index is 5.86. The van der Waals surface area contributed by atoms with Crippen LogP contribution in [0.2, 0.25) is 0 Å². The zero-order chi connectivity index (χ0) is 14.9. The summed E-state index contributed by atoms with van der Waals surface area (Å²) in [6.07, 6.45) is 8.98. The van der Waals surface area contributed by atoms with Gasteiger partial charge in [-0.05, 0) is 29.9 Å². The second-order valence-corrected chi connectivity index (χ2v) is 5.53. The molecule has 0 N–H and O–H groups in total. The van der Waals surface area contributed by atoms with Crippen molar-refractivity contribution in [1.29, 1.82) is 0 Å². The molecule has 0 amide bonds. The van der Waals surface area contributed by atoms with Crippen LogP contribution in [-0.4, -0.2) is 6.61 Å². The van der Waals surface area contributed by atoms with Crippen LogP contribution >= 0.6 is 0 Å². The first kappa shape index (κ1) is 18.7. The highest BCUT2D eigenvalue weighted by molar-refractivity contribution is 5.61. The van der Waals surface area contributed by atoms with Crippen LogP contribution in [0.15, 0.2) is 54.9 Å². The Morgan fingerprint density at radius 3 is 2.18 bits per heavy atom. The molecule has 1 aromatic carbocycles. The SMILES string of the molecule is CCCCC(CC)CO[n+]1ccc(-c2ccccc2)cc1.[Br-]. The number of aromatic nitrogens is 1.